The summed E-state index contributed by atoms with van der Waals surface area (Å²) in [6.07, 6.45) is 2.15. The van der Waals surface area contributed by atoms with Crippen LogP contribution >= 0.6 is 0 Å². The van der Waals surface area contributed by atoms with Crippen LogP contribution in [0, 0.1) is 0 Å². The van der Waals surface area contributed by atoms with Gasteiger partial charge in [0.05, 0.1) is 6.61 Å². The normalized spacial score (nSPS) is 10.3. The number of unbranched alkanes of at least 4 members (excludes halogenated alkanes) is 1. The maximum absolute atomic E-state index is 12.4. The minimum Gasteiger partial charge on any atom is -0.494 e. The predicted octanol–water partition coefficient (Wildman–Crippen LogP) is 5.78. The van der Waals surface area contributed by atoms with Crippen molar-refractivity contribution in [2.75, 3.05) is 11.9 Å². The average Bonchev–Trinajstić information content (AvgIpc) is 2.70. The molecule has 0 unspecified atom stereocenters. The van der Waals surface area contributed by atoms with Crippen LogP contribution < -0.4 is 10.1 Å². The minimum atomic E-state index is -0.121. The highest BCUT2D eigenvalue weighted by molar-refractivity contribution is 6.04. The van der Waals surface area contributed by atoms with Crippen LogP contribution in [-0.4, -0.2) is 12.5 Å². The Labute approximate surface area is 154 Å². The van der Waals surface area contributed by atoms with Crippen LogP contribution in [0.5, 0.6) is 5.75 Å². The molecule has 0 fully saturated rings. The molecule has 0 aromatic heterocycles. The van der Waals surface area contributed by atoms with Crippen molar-refractivity contribution in [3.05, 3.63) is 84.4 Å². The van der Waals surface area contributed by atoms with E-state index < -0.39 is 0 Å². The van der Waals surface area contributed by atoms with Crippen molar-refractivity contribution in [1.82, 2.24) is 0 Å². The highest BCUT2D eigenvalue weighted by Gasteiger charge is 2.07. The number of anilines is 1. The molecule has 3 aromatic rings. The average molecular weight is 345 g/mol. The molecule has 0 heterocycles. The first-order chi connectivity index (χ1) is 12.8. The van der Waals surface area contributed by atoms with E-state index in [-0.39, 0.29) is 5.91 Å². The van der Waals surface area contributed by atoms with Gasteiger partial charge in [0.1, 0.15) is 5.75 Å². The molecule has 3 nitrogen and oxygen atoms in total. The standard InChI is InChI=1S/C23H23NO2/c1-2-3-17-26-22-15-13-21(14-16-22)24-23(25)20-11-9-19(10-12-20)18-7-5-4-6-8-18/h4-16H,2-3,17H2,1H3,(H,24,25). The maximum Gasteiger partial charge on any atom is 0.255 e. The second kappa shape index (κ2) is 8.86. The number of carbonyl (C=O) groups excluding carboxylic acids is 1. The van der Waals surface area contributed by atoms with Gasteiger partial charge in [-0.25, -0.2) is 0 Å². The Hall–Kier alpha value is -3.07. The van der Waals surface area contributed by atoms with Gasteiger partial charge in [-0.15, -0.1) is 0 Å². The van der Waals surface area contributed by atoms with Crippen molar-refractivity contribution in [2.24, 2.45) is 0 Å². The minimum absolute atomic E-state index is 0.121. The van der Waals surface area contributed by atoms with Gasteiger partial charge in [-0.05, 0) is 53.9 Å². The fourth-order valence-electron chi connectivity index (χ4n) is 2.62. The van der Waals surface area contributed by atoms with Crippen molar-refractivity contribution >= 4 is 11.6 Å². The van der Waals surface area contributed by atoms with Crippen LogP contribution in [0.3, 0.4) is 0 Å². The number of rotatable bonds is 7. The van der Waals surface area contributed by atoms with E-state index in [4.69, 9.17) is 4.74 Å². The van der Waals surface area contributed by atoms with E-state index in [0.29, 0.717) is 5.56 Å². The molecule has 0 spiro atoms. The molecule has 0 bridgehead atoms. The first-order valence-electron chi connectivity index (χ1n) is 8.96. The molecule has 3 rings (SSSR count). The van der Waals surface area contributed by atoms with Crippen LogP contribution in [0.15, 0.2) is 78.9 Å². The van der Waals surface area contributed by atoms with Gasteiger partial charge in [0.2, 0.25) is 0 Å². The van der Waals surface area contributed by atoms with Crippen molar-refractivity contribution in [1.29, 1.82) is 0 Å². The summed E-state index contributed by atoms with van der Waals surface area (Å²) >= 11 is 0. The molecule has 0 saturated heterocycles. The van der Waals surface area contributed by atoms with Crippen LogP contribution in [0.4, 0.5) is 5.69 Å². The molecule has 3 heteroatoms. The van der Waals surface area contributed by atoms with Crippen molar-refractivity contribution in [3.63, 3.8) is 0 Å². The van der Waals surface area contributed by atoms with E-state index in [0.717, 1.165) is 42.0 Å². The van der Waals surface area contributed by atoms with Crippen LogP contribution in [0.1, 0.15) is 30.1 Å². The van der Waals surface area contributed by atoms with E-state index >= 15 is 0 Å². The number of nitrogens with one attached hydrogen (secondary N) is 1. The molecule has 0 aliphatic carbocycles. The lowest BCUT2D eigenvalue weighted by Crippen LogP contribution is -2.11. The summed E-state index contributed by atoms with van der Waals surface area (Å²) < 4.78 is 5.63. The van der Waals surface area contributed by atoms with Crippen molar-refractivity contribution in [3.8, 4) is 16.9 Å². The van der Waals surface area contributed by atoms with E-state index in [1.54, 1.807) is 0 Å². The zero-order chi connectivity index (χ0) is 18.2. The van der Waals surface area contributed by atoms with Crippen LogP contribution in [-0.2, 0) is 0 Å². The van der Waals surface area contributed by atoms with E-state index in [2.05, 4.69) is 24.4 Å². The first-order valence-corrected chi connectivity index (χ1v) is 8.96. The molecule has 0 saturated carbocycles. The largest absolute Gasteiger partial charge is 0.494 e. The lowest BCUT2D eigenvalue weighted by molar-refractivity contribution is 0.102. The van der Waals surface area contributed by atoms with Gasteiger partial charge in [0, 0.05) is 11.3 Å². The molecule has 1 amide bonds. The Bertz CT molecular complexity index is 824. The Morgan fingerprint density at radius 2 is 1.50 bits per heavy atom. The zero-order valence-electron chi connectivity index (χ0n) is 14.9. The quantitative estimate of drug-likeness (QED) is 0.551. The SMILES string of the molecule is CCCCOc1ccc(NC(=O)c2ccc(-c3ccccc3)cc2)cc1. The summed E-state index contributed by atoms with van der Waals surface area (Å²) in [6, 6.07) is 25.2. The fraction of sp³-hybridized carbons (Fsp3) is 0.174. The third-order valence-corrected chi connectivity index (χ3v) is 4.13. The number of amides is 1. The molecule has 0 aliphatic rings. The highest BCUT2D eigenvalue weighted by Crippen LogP contribution is 2.20. The number of hydrogen-bond donors (Lipinski definition) is 1. The monoisotopic (exact) mass is 345 g/mol. The topological polar surface area (TPSA) is 38.3 Å². The van der Waals surface area contributed by atoms with Gasteiger partial charge in [-0.2, -0.15) is 0 Å². The first kappa shape index (κ1) is 17.7. The molecule has 0 aliphatic heterocycles. The molecule has 3 aromatic carbocycles. The third-order valence-electron chi connectivity index (χ3n) is 4.13. The summed E-state index contributed by atoms with van der Waals surface area (Å²) in [6.45, 7) is 2.85. The lowest BCUT2D eigenvalue weighted by atomic mass is 10.0. The third kappa shape index (κ3) is 4.73. The van der Waals surface area contributed by atoms with Crippen LogP contribution in [0.25, 0.3) is 11.1 Å². The number of ether oxygens (including phenoxy) is 1. The fourth-order valence-corrected chi connectivity index (χ4v) is 2.62. The Morgan fingerprint density at radius 1 is 0.846 bits per heavy atom. The van der Waals surface area contributed by atoms with E-state index in [1.807, 2.05) is 66.7 Å². The Balaban J connectivity index is 1.61. The van der Waals surface area contributed by atoms with E-state index in [1.165, 1.54) is 0 Å². The van der Waals surface area contributed by atoms with Crippen LogP contribution in [0.2, 0.25) is 0 Å². The highest BCUT2D eigenvalue weighted by atomic mass is 16.5. The Kier molecular flexibility index (Phi) is 6.05. The van der Waals surface area contributed by atoms with E-state index in [9.17, 15) is 4.79 Å². The molecule has 0 atom stereocenters. The molecular weight excluding hydrogens is 322 g/mol. The molecule has 132 valence electrons. The van der Waals surface area contributed by atoms with Gasteiger partial charge in [-0.1, -0.05) is 55.8 Å². The van der Waals surface area contributed by atoms with Crippen molar-refractivity contribution < 1.29 is 9.53 Å². The summed E-state index contributed by atoms with van der Waals surface area (Å²) in [7, 11) is 0. The molecule has 1 N–H and O–H groups in total. The second-order valence-corrected chi connectivity index (χ2v) is 6.12. The number of benzene rings is 3. The number of hydrogen-bond acceptors (Lipinski definition) is 2. The maximum atomic E-state index is 12.4. The van der Waals surface area contributed by atoms with Gasteiger partial charge in [-0.3, -0.25) is 4.79 Å². The smallest absolute Gasteiger partial charge is 0.255 e. The van der Waals surface area contributed by atoms with Gasteiger partial charge >= 0.3 is 0 Å². The molecular formula is C23H23NO2. The summed E-state index contributed by atoms with van der Waals surface area (Å²) in [5.74, 6) is 0.702. The summed E-state index contributed by atoms with van der Waals surface area (Å²) in [5, 5.41) is 2.92. The van der Waals surface area contributed by atoms with Gasteiger partial charge in [0.15, 0.2) is 0 Å². The second-order valence-electron chi connectivity index (χ2n) is 6.12. The lowest BCUT2D eigenvalue weighted by Gasteiger charge is -2.09. The summed E-state index contributed by atoms with van der Waals surface area (Å²) in [4.78, 5) is 12.4. The Morgan fingerprint density at radius 3 is 2.15 bits per heavy atom. The van der Waals surface area contributed by atoms with Crippen molar-refractivity contribution in [2.45, 2.75) is 19.8 Å². The zero-order valence-corrected chi connectivity index (χ0v) is 14.9. The molecule has 0 radical (unpaired) electrons. The van der Waals surface area contributed by atoms with Gasteiger partial charge < -0.3 is 10.1 Å². The molecule has 26 heavy (non-hydrogen) atoms. The summed E-state index contributed by atoms with van der Waals surface area (Å²) in [5.41, 5.74) is 3.62. The predicted molar refractivity (Wildman–Crippen MR) is 107 cm³/mol. The van der Waals surface area contributed by atoms with Gasteiger partial charge in [0.25, 0.3) is 5.91 Å². The number of carbonyl (C=O) groups is 1.